The predicted octanol–water partition coefficient (Wildman–Crippen LogP) is 0.787. The normalized spacial score (nSPS) is 18.6. The molecule has 1 heterocycles. The zero-order valence-corrected chi connectivity index (χ0v) is 11.9. The van der Waals surface area contributed by atoms with Crippen LogP contribution in [-0.4, -0.2) is 42.7 Å². The summed E-state index contributed by atoms with van der Waals surface area (Å²) in [6.45, 7) is 0.884. The molecule has 19 heavy (non-hydrogen) atoms. The van der Waals surface area contributed by atoms with Crippen LogP contribution in [0.4, 0.5) is 0 Å². The van der Waals surface area contributed by atoms with E-state index < -0.39 is 7.12 Å². The predicted molar refractivity (Wildman–Crippen MR) is 78.0 cm³/mol. The van der Waals surface area contributed by atoms with Crippen LogP contribution in [0, 0.1) is 0 Å². The SMILES string of the molecule is COc1ccc(CSCC2CCCO2)cc1B(O)O. The Morgan fingerprint density at radius 3 is 2.95 bits per heavy atom. The number of hydrogen-bond donors (Lipinski definition) is 2. The molecule has 1 aromatic rings. The number of thioether (sulfide) groups is 1. The van der Waals surface area contributed by atoms with Crippen molar-refractivity contribution in [3.63, 3.8) is 0 Å². The van der Waals surface area contributed by atoms with Crippen LogP contribution in [0.25, 0.3) is 0 Å². The first kappa shape index (κ1) is 14.7. The summed E-state index contributed by atoms with van der Waals surface area (Å²) in [5.74, 6) is 2.33. The molecular weight excluding hydrogens is 263 g/mol. The van der Waals surface area contributed by atoms with E-state index in [1.165, 1.54) is 7.11 Å². The Labute approximate surface area is 118 Å². The van der Waals surface area contributed by atoms with Crippen LogP contribution >= 0.6 is 11.8 Å². The van der Waals surface area contributed by atoms with Gasteiger partial charge in [0.05, 0.1) is 13.2 Å². The molecule has 1 unspecified atom stereocenters. The van der Waals surface area contributed by atoms with Gasteiger partial charge < -0.3 is 19.5 Å². The van der Waals surface area contributed by atoms with Gasteiger partial charge in [0.1, 0.15) is 5.75 Å². The highest BCUT2D eigenvalue weighted by molar-refractivity contribution is 7.98. The third-order valence-electron chi connectivity index (χ3n) is 3.17. The molecule has 0 aliphatic carbocycles. The van der Waals surface area contributed by atoms with Gasteiger partial charge in [0, 0.05) is 23.6 Å². The molecule has 0 bridgehead atoms. The third-order valence-corrected chi connectivity index (χ3v) is 4.31. The Morgan fingerprint density at radius 1 is 1.47 bits per heavy atom. The lowest BCUT2D eigenvalue weighted by Gasteiger charge is -2.11. The Morgan fingerprint density at radius 2 is 2.32 bits per heavy atom. The van der Waals surface area contributed by atoms with Gasteiger partial charge in [-0.25, -0.2) is 0 Å². The van der Waals surface area contributed by atoms with Gasteiger partial charge in [-0.05, 0) is 24.5 Å². The van der Waals surface area contributed by atoms with Crippen LogP contribution in [0.15, 0.2) is 18.2 Å². The number of rotatable bonds is 6. The summed E-state index contributed by atoms with van der Waals surface area (Å²) >= 11 is 1.81. The summed E-state index contributed by atoms with van der Waals surface area (Å²) in [5, 5.41) is 18.6. The maximum atomic E-state index is 9.31. The summed E-state index contributed by atoms with van der Waals surface area (Å²) in [4.78, 5) is 0. The Kier molecular flexibility index (Phi) is 5.57. The summed E-state index contributed by atoms with van der Waals surface area (Å²) in [5.41, 5.74) is 1.48. The minimum absolute atomic E-state index is 0.381. The first-order chi connectivity index (χ1) is 9.20. The zero-order valence-electron chi connectivity index (χ0n) is 11.0. The fourth-order valence-electron chi connectivity index (χ4n) is 2.16. The van der Waals surface area contributed by atoms with Crippen LogP contribution in [-0.2, 0) is 10.5 Å². The number of methoxy groups -OCH3 is 1. The maximum Gasteiger partial charge on any atom is 0.492 e. The lowest BCUT2D eigenvalue weighted by Crippen LogP contribution is -2.31. The molecule has 0 amide bonds. The van der Waals surface area contributed by atoms with E-state index in [-0.39, 0.29) is 0 Å². The molecule has 0 spiro atoms. The first-order valence-corrected chi connectivity index (χ1v) is 7.58. The van der Waals surface area contributed by atoms with Crippen LogP contribution in [0.1, 0.15) is 18.4 Å². The molecule has 1 atom stereocenters. The second-order valence-corrected chi connectivity index (χ2v) is 5.63. The maximum absolute atomic E-state index is 9.31. The van der Waals surface area contributed by atoms with E-state index >= 15 is 0 Å². The number of ether oxygens (including phenoxy) is 2. The smallest absolute Gasteiger partial charge is 0.492 e. The van der Waals surface area contributed by atoms with E-state index in [1.807, 2.05) is 17.8 Å². The molecular formula is C13H19BO4S. The topological polar surface area (TPSA) is 58.9 Å². The van der Waals surface area contributed by atoms with Crippen molar-refractivity contribution in [3.8, 4) is 5.75 Å². The Hall–Kier alpha value is -0.685. The lowest BCUT2D eigenvalue weighted by molar-refractivity contribution is 0.129. The van der Waals surface area contributed by atoms with Crippen molar-refractivity contribution in [1.82, 2.24) is 0 Å². The van der Waals surface area contributed by atoms with Gasteiger partial charge in [0.25, 0.3) is 0 Å². The summed E-state index contributed by atoms with van der Waals surface area (Å²) in [6, 6.07) is 5.51. The molecule has 1 saturated heterocycles. The van der Waals surface area contributed by atoms with Crippen molar-refractivity contribution in [2.45, 2.75) is 24.7 Å². The largest absolute Gasteiger partial charge is 0.497 e. The summed E-state index contributed by atoms with van der Waals surface area (Å²) in [6.07, 6.45) is 2.69. The van der Waals surface area contributed by atoms with E-state index in [1.54, 1.807) is 12.1 Å². The van der Waals surface area contributed by atoms with Gasteiger partial charge in [-0.1, -0.05) is 12.1 Å². The van der Waals surface area contributed by atoms with Crippen molar-refractivity contribution in [3.05, 3.63) is 23.8 Å². The van der Waals surface area contributed by atoms with E-state index in [4.69, 9.17) is 9.47 Å². The highest BCUT2D eigenvalue weighted by Gasteiger charge is 2.18. The number of hydrogen-bond acceptors (Lipinski definition) is 5. The second-order valence-electron chi connectivity index (χ2n) is 4.60. The molecule has 1 fully saturated rings. The fraction of sp³-hybridized carbons (Fsp3) is 0.538. The Bertz CT molecular complexity index is 408. The highest BCUT2D eigenvalue weighted by atomic mass is 32.2. The van der Waals surface area contributed by atoms with Crippen LogP contribution in [0.2, 0.25) is 0 Å². The third kappa shape index (κ3) is 4.14. The van der Waals surface area contributed by atoms with Crippen LogP contribution in [0.5, 0.6) is 5.75 Å². The van der Waals surface area contributed by atoms with Crippen molar-refractivity contribution in [1.29, 1.82) is 0 Å². The molecule has 2 N–H and O–H groups in total. The average Bonchev–Trinajstić information content (AvgIpc) is 2.91. The van der Waals surface area contributed by atoms with Gasteiger partial charge in [-0.15, -0.1) is 0 Å². The fourth-order valence-corrected chi connectivity index (χ4v) is 3.22. The van der Waals surface area contributed by atoms with Gasteiger partial charge in [0.15, 0.2) is 0 Å². The van der Waals surface area contributed by atoms with E-state index in [0.29, 0.717) is 17.3 Å². The summed E-state index contributed by atoms with van der Waals surface area (Å²) < 4.78 is 10.7. The van der Waals surface area contributed by atoms with Gasteiger partial charge in [0.2, 0.25) is 0 Å². The minimum atomic E-state index is -1.50. The standard InChI is InChI=1S/C13H19BO4S/c1-17-13-5-4-10(7-12(13)14(15)16)8-19-9-11-3-2-6-18-11/h4-5,7,11,15-16H,2-3,6,8-9H2,1H3. The average molecular weight is 282 g/mol. The molecule has 2 rings (SSSR count). The van der Waals surface area contributed by atoms with Crippen LogP contribution in [0.3, 0.4) is 0 Å². The van der Waals surface area contributed by atoms with Crippen molar-refractivity contribution in [2.24, 2.45) is 0 Å². The molecule has 4 nitrogen and oxygen atoms in total. The second kappa shape index (κ2) is 7.19. The van der Waals surface area contributed by atoms with Gasteiger partial charge in [-0.2, -0.15) is 11.8 Å². The lowest BCUT2D eigenvalue weighted by atomic mass is 9.79. The van der Waals surface area contributed by atoms with Crippen LogP contribution < -0.4 is 10.2 Å². The highest BCUT2D eigenvalue weighted by Crippen LogP contribution is 2.21. The van der Waals surface area contributed by atoms with Gasteiger partial charge >= 0.3 is 7.12 Å². The summed E-state index contributed by atoms with van der Waals surface area (Å²) in [7, 11) is 0.0191. The molecule has 0 saturated carbocycles. The monoisotopic (exact) mass is 282 g/mol. The Balaban J connectivity index is 1.90. The molecule has 6 heteroatoms. The van der Waals surface area contributed by atoms with Crippen molar-refractivity contribution < 1.29 is 19.5 Å². The van der Waals surface area contributed by atoms with E-state index in [0.717, 1.165) is 36.5 Å². The number of benzene rings is 1. The van der Waals surface area contributed by atoms with Crippen molar-refractivity contribution in [2.75, 3.05) is 19.5 Å². The molecule has 0 radical (unpaired) electrons. The van der Waals surface area contributed by atoms with E-state index in [9.17, 15) is 10.0 Å². The molecule has 1 aliphatic heterocycles. The van der Waals surface area contributed by atoms with Gasteiger partial charge in [-0.3, -0.25) is 0 Å². The molecule has 1 aliphatic rings. The zero-order chi connectivity index (χ0) is 13.7. The molecule has 1 aromatic carbocycles. The van der Waals surface area contributed by atoms with Crippen molar-refractivity contribution >= 4 is 24.3 Å². The van der Waals surface area contributed by atoms with E-state index in [2.05, 4.69) is 0 Å². The quantitative estimate of drug-likeness (QED) is 0.755. The first-order valence-electron chi connectivity index (χ1n) is 6.43. The molecule has 0 aromatic heterocycles. The molecule has 104 valence electrons. The minimum Gasteiger partial charge on any atom is -0.497 e.